The summed E-state index contributed by atoms with van der Waals surface area (Å²) in [6.07, 6.45) is 0. The van der Waals surface area contributed by atoms with Gasteiger partial charge in [-0.05, 0) is 48.4 Å². The molecule has 28 heavy (non-hydrogen) atoms. The molecule has 0 saturated heterocycles. The molecule has 6 heteroatoms. The van der Waals surface area contributed by atoms with E-state index in [-0.39, 0.29) is 18.2 Å². The van der Waals surface area contributed by atoms with Gasteiger partial charge in [-0.15, -0.1) is 0 Å². The quantitative estimate of drug-likeness (QED) is 0.323. The molecule has 0 aliphatic carbocycles. The molecule has 0 fully saturated rings. The van der Waals surface area contributed by atoms with Gasteiger partial charge in [0.15, 0.2) is 0 Å². The molecule has 0 atom stereocenters. The molecule has 1 amide bonds. The second-order valence-electron chi connectivity index (χ2n) is 6.26. The summed E-state index contributed by atoms with van der Waals surface area (Å²) in [5.41, 5.74) is 2.92. The highest BCUT2D eigenvalue weighted by Gasteiger charge is 2.13. The minimum atomic E-state index is -0.459. The van der Waals surface area contributed by atoms with Crippen molar-refractivity contribution in [1.29, 1.82) is 0 Å². The van der Waals surface area contributed by atoms with Gasteiger partial charge in [0.1, 0.15) is 11.6 Å². The molecule has 0 unspecified atom stereocenters. The van der Waals surface area contributed by atoms with E-state index in [0.29, 0.717) is 21.8 Å². The fourth-order valence-electron chi connectivity index (χ4n) is 2.74. The number of phenolic OH excluding ortho intramolecular Hbond substituents is 1. The number of rotatable bonds is 6. The van der Waals surface area contributed by atoms with Crippen LogP contribution in [0, 0.1) is 12.7 Å². The lowest BCUT2D eigenvalue weighted by Crippen LogP contribution is -2.21. The van der Waals surface area contributed by atoms with E-state index in [9.17, 15) is 14.3 Å². The number of carbonyl (C=O) groups excluding carboxylic acids is 1. The molecule has 142 valence electrons. The summed E-state index contributed by atoms with van der Waals surface area (Å²) in [6, 6.07) is 18.6. The van der Waals surface area contributed by atoms with Crippen LogP contribution in [0.2, 0.25) is 0 Å². The van der Waals surface area contributed by atoms with Crippen LogP contribution in [0.1, 0.15) is 16.7 Å². The van der Waals surface area contributed by atoms with E-state index in [0.717, 1.165) is 11.1 Å². The first-order valence-corrected chi connectivity index (χ1v) is 9.08. The average molecular weight is 394 g/mol. The molecule has 0 aliphatic rings. The Labute approximate surface area is 168 Å². The van der Waals surface area contributed by atoms with Crippen molar-refractivity contribution in [2.45, 2.75) is 6.92 Å². The van der Waals surface area contributed by atoms with Crippen molar-refractivity contribution < 1.29 is 14.3 Å². The van der Waals surface area contributed by atoms with Crippen LogP contribution < -0.4 is 10.6 Å². The van der Waals surface area contributed by atoms with Crippen LogP contribution in [0.3, 0.4) is 0 Å². The van der Waals surface area contributed by atoms with Crippen molar-refractivity contribution >= 4 is 34.4 Å². The topological polar surface area (TPSA) is 61.4 Å². The summed E-state index contributed by atoms with van der Waals surface area (Å²) in [5.74, 6) is -0.836. The molecule has 0 aliphatic heterocycles. The number of hydrogen-bond donors (Lipinski definition) is 3. The van der Waals surface area contributed by atoms with Gasteiger partial charge in [-0.25, -0.2) is 4.39 Å². The Bertz CT molecular complexity index is 1040. The molecule has 3 aromatic carbocycles. The summed E-state index contributed by atoms with van der Waals surface area (Å²) >= 11 is 5.45. The zero-order valence-electron chi connectivity index (χ0n) is 15.2. The molecule has 0 aromatic heterocycles. The number of phenols is 1. The number of aromatic hydroxyl groups is 1. The minimum Gasteiger partial charge on any atom is -0.506 e. The maximum atomic E-state index is 14.6. The van der Waals surface area contributed by atoms with E-state index < -0.39 is 5.82 Å². The van der Waals surface area contributed by atoms with Gasteiger partial charge < -0.3 is 15.7 Å². The zero-order chi connectivity index (χ0) is 20.1. The average Bonchev–Trinajstić information content (AvgIpc) is 2.68. The number of thiocarbonyl (C=S) groups is 1. The Kier molecular flexibility index (Phi) is 6.01. The molecular formula is C22H19FN2O2S. The predicted octanol–water partition coefficient (Wildman–Crippen LogP) is 4.66. The molecule has 4 nitrogen and oxygen atoms in total. The number of aryl methyl sites for hydroxylation is 1. The summed E-state index contributed by atoms with van der Waals surface area (Å²) < 4.78 is 14.6. The van der Waals surface area contributed by atoms with Gasteiger partial charge in [-0.2, -0.15) is 0 Å². The number of halogens is 1. The number of carbonyl (C=O) groups is 1. The lowest BCUT2D eigenvalue weighted by atomic mass is 10.00. The molecule has 3 aromatic rings. The first-order valence-electron chi connectivity index (χ1n) is 8.67. The fraction of sp³-hybridized carbons (Fsp3) is 0.0909. The van der Waals surface area contributed by atoms with Crippen LogP contribution in [-0.4, -0.2) is 22.4 Å². The summed E-state index contributed by atoms with van der Waals surface area (Å²) in [6.45, 7) is 1.86. The van der Waals surface area contributed by atoms with Gasteiger partial charge >= 0.3 is 0 Å². The van der Waals surface area contributed by atoms with Crippen LogP contribution in [0.4, 0.5) is 15.8 Å². The fourth-order valence-corrected chi connectivity index (χ4v) is 3.13. The third kappa shape index (κ3) is 4.53. The van der Waals surface area contributed by atoms with Gasteiger partial charge in [0.2, 0.25) is 5.91 Å². The van der Waals surface area contributed by atoms with Crippen LogP contribution >= 0.6 is 12.2 Å². The summed E-state index contributed by atoms with van der Waals surface area (Å²) in [4.78, 5) is 12.5. The molecule has 0 radical (unpaired) electrons. The van der Waals surface area contributed by atoms with E-state index >= 15 is 0 Å². The highest BCUT2D eigenvalue weighted by atomic mass is 32.1. The lowest BCUT2D eigenvalue weighted by Gasteiger charge is -2.12. The van der Waals surface area contributed by atoms with Crippen molar-refractivity contribution in [3.8, 4) is 5.75 Å². The van der Waals surface area contributed by atoms with E-state index in [1.807, 2.05) is 31.2 Å². The maximum Gasteiger partial charge on any atom is 0.243 e. The number of benzene rings is 3. The smallest absolute Gasteiger partial charge is 0.243 e. The van der Waals surface area contributed by atoms with Crippen molar-refractivity contribution in [2.24, 2.45) is 0 Å². The van der Waals surface area contributed by atoms with Crippen molar-refractivity contribution in [3.05, 3.63) is 89.2 Å². The van der Waals surface area contributed by atoms with E-state index in [1.165, 1.54) is 12.1 Å². The van der Waals surface area contributed by atoms with E-state index in [1.54, 1.807) is 30.3 Å². The Morgan fingerprint density at radius 3 is 2.46 bits per heavy atom. The van der Waals surface area contributed by atoms with E-state index in [2.05, 4.69) is 10.6 Å². The van der Waals surface area contributed by atoms with Crippen LogP contribution in [0.15, 0.2) is 66.7 Å². The first kappa shape index (κ1) is 19.5. The monoisotopic (exact) mass is 394 g/mol. The number of para-hydroxylation sites is 2. The maximum absolute atomic E-state index is 14.6. The molecule has 3 N–H and O–H groups in total. The SMILES string of the molecule is Cc1ccccc1C(=S)c1ccc(NCC(=O)Nc2ccccc2O)cc1F. The Morgan fingerprint density at radius 2 is 1.75 bits per heavy atom. The highest BCUT2D eigenvalue weighted by Crippen LogP contribution is 2.22. The third-order valence-corrected chi connectivity index (χ3v) is 4.67. The van der Waals surface area contributed by atoms with Crippen molar-refractivity contribution in [1.82, 2.24) is 0 Å². The standard InChI is InChI=1S/C22H19FN2O2S/c1-14-6-2-3-7-16(14)22(28)17-11-10-15(12-18(17)23)24-13-21(27)25-19-8-4-5-9-20(19)26/h2-12,24,26H,13H2,1H3,(H,25,27). The lowest BCUT2D eigenvalue weighted by molar-refractivity contribution is -0.114. The Morgan fingerprint density at radius 1 is 1.04 bits per heavy atom. The molecule has 0 saturated carbocycles. The number of nitrogens with one attached hydrogen (secondary N) is 2. The first-order chi connectivity index (χ1) is 13.5. The predicted molar refractivity (Wildman–Crippen MR) is 114 cm³/mol. The highest BCUT2D eigenvalue weighted by molar-refractivity contribution is 7.81. The number of anilines is 2. The van der Waals surface area contributed by atoms with Gasteiger partial charge in [-0.1, -0.05) is 48.6 Å². The largest absolute Gasteiger partial charge is 0.506 e. The molecule has 0 bridgehead atoms. The van der Waals surface area contributed by atoms with Gasteiger partial charge in [0.25, 0.3) is 0 Å². The Hall–Kier alpha value is -3.25. The third-order valence-electron chi connectivity index (χ3n) is 4.23. The molecule has 0 spiro atoms. The number of amides is 1. The second kappa shape index (κ2) is 8.63. The summed E-state index contributed by atoms with van der Waals surface area (Å²) in [5, 5.41) is 15.1. The van der Waals surface area contributed by atoms with Gasteiger partial charge in [-0.3, -0.25) is 4.79 Å². The zero-order valence-corrected chi connectivity index (χ0v) is 16.0. The molecule has 3 rings (SSSR count). The molecule has 0 heterocycles. The van der Waals surface area contributed by atoms with Crippen molar-refractivity contribution in [2.75, 3.05) is 17.2 Å². The normalized spacial score (nSPS) is 10.4. The van der Waals surface area contributed by atoms with Gasteiger partial charge in [0, 0.05) is 11.3 Å². The molecular weight excluding hydrogens is 375 g/mol. The number of hydrogen-bond acceptors (Lipinski definition) is 4. The summed E-state index contributed by atoms with van der Waals surface area (Å²) in [7, 11) is 0. The second-order valence-corrected chi connectivity index (χ2v) is 6.67. The Balaban J connectivity index is 1.66. The van der Waals surface area contributed by atoms with Gasteiger partial charge in [0.05, 0.1) is 17.1 Å². The van der Waals surface area contributed by atoms with Crippen LogP contribution in [0.5, 0.6) is 5.75 Å². The van der Waals surface area contributed by atoms with Crippen LogP contribution in [-0.2, 0) is 4.79 Å². The van der Waals surface area contributed by atoms with Crippen LogP contribution in [0.25, 0.3) is 0 Å². The minimum absolute atomic E-state index is 0.0176. The van der Waals surface area contributed by atoms with E-state index in [4.69, 9.17) is 12.2 Å². The van der Waals surface area contributed by atoms with Crippen molar-refractivity contribution in [3.63, 3.8) is 0 Å².